The Labute approximate surface area is 164 Å². The van der Waals surface area contributed by atoms with Crippen molar-refractivity contribution >= 4 is 15.8 Å². The van der Waals surface area contributed by atoms with Gasteiger partial charge in [-0.25, -0.2) is 8.42 Å². The fourth-order valence-electron chi connectivity index (χ4n) is 4.86. The van der Waals surface area contributed by atoms with E-state index in [2.05, 4.69) is 22.6 Å². The summed E-state index contributed by atoms with van der Waals surface area (Å²) in [5, 5.41) is 6.91. The molecule has 27 heavy (non-hydrogen) atoms. The average Bonchev–Trinajstić information content (AvgIpc) is 2.60. The quantitative estimate of drug-likeness (QED) is 0.532. The maximum Gasteiger partial charge on any atom is 0.191 e. The van der Waals surface area contributed by atoms with Crippen molar-refractivity contribution in [3.8, 4) is 0 Å². The van der Waals surface area contributed by atoms with Gasteiger partial charge in [-0.15, -0.1) is 0 Å². The largest absolute Gasteiger partial charge is 0.381 e. The van der Waals surface area contributed by atoms with Crippen LogP contribution < -0.4 is 10.6 Å². The lowest BCUT2D eigenvalue weighted by molar-refractivity contribution is 0.0526. The summed E-state index contributed by atoms with van der Waals surface area (Å²) in [6.07, 6.45) is 8.52. The smallest absolute Gasteiger partial charge is 0.191 e. The van der Waals surface area contributed by atoms with E-state index >= 15 is 0 Å². The van der Waals surface area contributed by atoms with Crippen LogP contribution in [0, 0.1) is 0 Å². The molecule has 3 rings (SSSR count). The van der Waals surface area contributed by atoms with Crippen molar-refractivity contribution in [2.75, 3.05) is 39.6 Å². The molecule has 0 spiro atoms. The van der Waals surface area contributed by atoms with Crippen LogP contribution in [-0.2, 0) is 14.6 Å². The van der Waals surface area contributed by atoms with E-state index in [4.69, 9.17) is 9.73 Å². The Morgan fingerprint density at radius 2 is 1.85 bits per heavy atom. The Morgan fingerprint density at radius 3 is 2.41 bits per heavy atom. The summed E-state index contributed by atoms with van der Waals surface area (Å²) in [4.78, 5) is 7.28. The molecule has 0 aromatic heterocycles. The van der Waals surface area contributed by atoms with Crippen LogP contribution in [0.4, 0.5) is 0 Å². The molecule has 8 heteroatoms. The monoisotopic (exact) mass is 400 g/mol. The number of piperidine rings is 2. The summed E-state index contributed by atoms with van der Waals surface area (Å²) >= 11 is 0. The number of sulfone groups is 1. The molecule has 3 fully saturated rings. The van der Waals surface area contributed by atoms with Gasteiger partial charge >= 0.3 is 0 Å². The lowest BCUT2D eigenvalue weighted by atomic mass is 9.82. The number of hydrogen-bond acceptors (Lipinski definition) is 5. The second-order valence-corrected chi connectivity index (χ2v) is 10.9. The molecule has 3 aliphatic heterocycles. The number of aliphatic imine (C=N–C) groups is 1. The van der Waals surface area contributed by atoms with E-state index in [9.17, 15) is 8.42 Å². The van der Waals surface area contributed by atoms with Crippen molar-refractivity contribution in [3.63, 3.8) is 0 Å². The molecule has 2 bridgehead atoms. The zero-order valence-electron chi connectivity index (χ0n) is 17.0. The molecule has 0 aromatic rings. The Morgan fingerprint density at radius 1 is 1.22 bits per heavy atom. The molecular formula is C19H36N4O3S. The van der Waals surface area contributed by atoms with Crippen LogP contribution in [0.15, 0.2) is 4.99 Å². The molecule has 0 saturated carbocycles. The van der Waals surface area contributed by atoms with E-state index in [1.54, 1.807) is 0 Å². The van der Waals surface area contributed by atoms with Crippen molar-refractivity contribution in [3.05, 3.63) is 0 Å². The Hall–Kier alpha value is -0.860. The molecule has 2 unspecified atom stereocenters. The zero-order valence-corrected chi connectivity index (χ0v) is 17.9. The first-order valence-electron chi connectivity index (χ1n) is 10.4. The predicted molar refractivity (Wildman–Crippen MR) is 109 cm³/mol. The fourth-order valence-corrected chi connectivity index (χ4v) is 6.07. The van der Waals surface area contributed by atoms with Gasteiger partial charge in [0, 0.05) is 44.1 Å². The minimum Gasteiger partial charge on any atom is -0.381 e. The van der Waals surface area contributed by atoms with Crippen molar-refractivity contribution in [1.29, 1.82) is 0 Å². The van der Waals surface area contributed by atoms with Gasteiger partial charge in [-0.2, -0.15) is 0 Å². The van der Waals surface area contributed by atoms with E-state index in [0.29, 0.717) is 50.7 Å². The van der Waals surface area contributed by atoms with Crippen LogP contribution >= 0.6 is 0 Å². The number of rotatable bonds is 5. The third-order valence-electron chi connectivity index (χ3n) is 6.74. The number of nitrogens with zero attached hydrogens (tertiary/aromatic N) is 2. The van der Waals surface area contributed by atoms with E-state index < -0.39 is 14.6 Å². The third kappa shape index (κ3) is 4.77. The average molecular weight is 401 g/mol. The molecule has 0 amide bonds. The fraction of sp³-hybridized carbons (Fsp3) is 0.947. The molecular weight excluding hydrogens is 364 g/mol. The van der Waals surface area contributed by atoms with Crippen LogP contribution in [0.25, 0.3) is 0 Å². The molecule has 2 N–H and O–H groups in total. The third-order valence-corrected chi connectivity index (χ3v) is 8.85. The highest BCUT2D eigenvalue weighted by Crippen LogP contribution is 2.33. The lowest BCUT2D eigenvalue weighted by Crippen LogP contribution is -2.57. The SMILES string of the molecule is CCNC(=NCC1(S(C)(=O)=O)CCOCC1)NC1CC2CCCC(C1)N2C. The molecule has 0 radical (unpaired) electrons. The molecule has 2 atom stereocenters. The second kappa shape index (κ2) is 8.66. The van der Waals surface area contributed by atoms with E-state index in [-0.39, 0.29) is 0 Å². The Kier molecular flexibility index (Phi) is 6.69. The summed E-state index contributed by atoms with van der Waals surface area (Å²) in [6, 6.07) is 1.70. The number of guanidine groups is 1. The van der Waals surface area contributed by atoms with Gasteiger partial charge in [-0.3, -0.25) is 4.99 Å². The summed E-state index contributed by atoms with van der Waals surface area (Å²) in [5.41, 5.74) is 0. The molecule has 3 heterocycles. The maximum atomic E-state index is 12.5. The molecule has 7 nitrogen and oxygen atoms in total. The topological polar surface area (TPSA) is 83.0 Å². The van der Waals surface area contributed by atoms with Crippen molar-refractivity contribution in [1.82, 2.24) is 15.5 Å². The van der Waals surface area contributed by atoms with Crippen LogP contribution in [0.2, 0.25) is 0 Å². The van der Waals surface area contributed by atoms with Crippen molar-refractivity contribution in [2.24, 2.45) is 4.99 Å². The van der Waals surface area contributed by atoms with Gasteiger partial charge in [0.15, 0.2) is 15.8 Å². The Bertz CT molecular complexity index is 617. The number of fused-ring (bicyclic) bond motifs is 2. The number of hydrogen-bond donors (Lipinski definition) is 2. The minimum atomic E-state index is -3.20. The van der Waals surface area contributed by atoms with Gasteiger partial charge in [0.2, 0.25) is 0 Å². The predicted octanol–water partition coefficient (Wildman–Crippen LogP) is 1.15. The minimum absolute atomic E-state index is 0.296. The van der Waals surface area contributed by atoms with Crippen LogP contribution in [0.5, 0.6) is 0 Å². The van der Waals surface area contributed by atoms with Gasteiger partial charge in [-0.1, -0.05) is 6.42 Å². The standard InChI is InChI=1S/C19H36N4O3S/c1-4-20-18(21-14-19(27(3,24)25)8-10-26-11-9-19)22-15-12-16-6-5-7-17(13-15)23(16)2/h15-17H,4-14H2,1-3H3,(H2,20,21,22). The summed E-state index contributed by atoms with van der Waals surface area (Å²) in [6.45, 7) is 4.08. The van der Waals surface area contributed by atoms with E-state index in [0.717, 1.165) is 25.3 Å². The summed E-state index contributed by atoms with van der Waals surface area (Å²) in [7, 11) is -0.945. The maximum absolute atomic E-state index is 12.5. The molecule has 0 aliphatic carbocycles. The molecule has 3 saturated heterocycles. The highest BCUT2D eigenvalue weighted by Gasteiger charge is 2.42. The Balaban J connectivity index is 1.69. The summed E-state index contributed by atoms with van der Waals surface area (Å²) < 4.78 is 29.5. The van der Waals surface area contributed by atoms with Crippen LogP contribution in [-0.4, -0.2) is 81.8 Å². The zero-order chi connectivity index (χ0) is 19.5. The summed E-state index contributed by atoms with van der Waals surface area (Å²) in [5.74, 6) is 0.750. The van der Waals surface area contributed by atoms with Crippen molar-refractivity contribution < 1.29 is 13.2 Å². The lowest BCUT2D eigenvalue weighted by Gasteiger charge is -2.47. The number of ether oxygens (including phenoxy) is 1. The van der Waals surface area contributed by atoms with Crippen LogP contribution in [0.3, 0.4) is 0 Å². The van der Waals surface area contributed by atoms with Crippen LogP contribution in [0.1, 0.15) is 51.9 Å². The van der Waals surface area contributed by atoms with E-state index in [1.807, 2.05) is 6.92 Å². The van der Waals surface area contributed by atoms with Gasteiger partial charge in [-0.05, 0) is 52.5 Å². The number of nitrogens with one attached hydrogen (secondary N) is 2. The van der Waals surface area contributed by atoms with Gasteiger partial charge < -0.3 is 20.3 Å². The molecule has 0 aromatic carbocycles. The van der Waals surface area contributed by atoms with Gasteiger partial charge in [0.25, 0.3) is 0 Å². The molecule has 3 aliphatic rings. The van der Waals surface area contributed by atoms with Gasteiger partial charge in [0.1, 0.15) is 0 Å². The normalized spacial score (nSPS) is 32.1. The first-order chi connectivity index (χ1) is 12.8. The highest BCUT2D eigenvalue weighted by atomic mass is 32.2. The van der Waals surface area contributed by atoms with E-state index in [1.165, 1.54) is 25.5 Å². The second-order valence-electron chi connectivity index (χ2n) is 8.48. The molecule has 156 valence electrons. The first-order valence-corrected chi connectivity index (χ1v) is 12.3. The highest BCUT2D eigenvalue weighted by molar-refractivity contribution is 7.92. The first kappa shape index (κ1) is 20.9. The van der Waals surface area contributed by atoms with Crippen molar-refractivity contribution in [2.45, 2.75) is 74.7 Å². The van der Waals surface area contributed by atoms with Gasteiger partial charge in [0.05, 0.1) is 11.3 Å².